The Kier molecular flexibility index (Phi) is 7.97. The topological polar surface area (TPSA) is 60.6 Å². The van der Waals surface area contributed by atoms with E-state index in [1.807, 2.05) is 24.3 Å². The van der Waals surface area contributed by atoms with E-state index in [9.17, 15) is 23.1 Å². The van der Waals surface area contributed by atoms with E-state index in [4.69, 9.17) is 23.5 Å². The lowest BCUT2D eigenvalue weighted by Gasteiger charge is -2.29. The van der Waals surface area contributed by atoms with Crippen molar-refractivity contribution < 1.29 is 27.8 Å². The highest BCUT2D eigenvalue weighted by molar-refractivity contribution is 7.80. The van der Waals surface area contributed by atoms with E-state index in [0.29, 0.717) is 31.9 Å². The van der Waals surface area contributed by atoms with Gasteiger partial charge in [0.15, 0.2) is 10.8 Å². The molecule has 11 heteroatoms. The third-order valence-electron chi connectivity index (χ3n) is 6.86. The van der Waals surface area contributed by atoms with Gasteiger partial charge in [0.05, 0.1) is 24.8 Å². The van der Waals surface area contributed by atoms with Crippen LogP contribution < -0.4 is 9.64 Å². The van der Waals surface area contributed by atoms with Crippen LogP contribution in [0, 0.1) is 6.57 Å². The van der Waals surface area contributed by atoms with Gasteiger partial charge in [0.1, 0.15) is 11.3 Å². The number of anilines is 1. The zero-order valence-corrected chi connectivity index (χ0v) is 22.0. The number of ether oxygens (including phenoxy) is 1. The van der Waals surface area contributed by atoms with Crippen LogP contribution in [0.3, 0.4) is 0 Å². The third-order valence-corrected chi connectivity index (χ3v) is 7.26. The molecule has 2 saturated heterocycles. The Morgan fingerprint density at radius 3 is 2.53 bits per heavy atom. The predicted molar refractivity (Wildman–Crippen MR) is 141 cm³/mol. The molecule has 2 aliphatic rings. The van der Waals surface area contributed by atoms with Gasteiger partial charge < -0.3 is 14.7 Å². The van der Waals surface area contributed by atoms with Crippen LogP contribution in [-0.2, 0) is 17.5 Å². The Balaban J connectivity index is 1.36. The summed E-state index contributed by atoms with van der Waals surface area (Å²) in [5, 5.41) is 9.78. The highest BCUT2D eigenvalue weighted by atomic mass is 32.1. The van der Waals surface area contributed by atoms with Crippen LogP contribution in [0.15, 0.2) is 42.5 Å². The highest BCUT2D eigenvalue weighted by Crippen LogP contribution is 2.40. The van der Waals surface area contributed by atoms with Crippen LogP contribution in [0.5, 0.6) is 5.75 Å². The molecule has 1 N–H and O–H groups in total. The van der Waals surface area contributed by atoms with E-state index < -0.39 is 28.9 Å². The van der Waals surface area contributed by atoms with Crippen LogP contribution in [0.25, 0.3) is 4.85 Å². The SMILES string of the molecule is [C-]#[N+]c1ccc(N2C(=O)C(C)(C)N(CCCOc3ccc(CN4CCC(O)C4)cc3)C2=S)cc1C(F)(F)F. The second kappa shape index (κ2) is 10.9. The van der Waals surface area contributed by atoms with E-state index in [1.54, 1.807) is 18.7 Å². The van der Waals surface area contributed by atoms with Crippen molar-refractivity contribution in [1.82, 2.24) is 9.80 Å². The number of β-amino-alcohol motifs (C(OH)–C–C–N with tert-alkyl or cyclic N) is 1. The van der Waals surface area contributed by atoms with Gasteiger partial charge in [-0.2, -0.15) is 13.2 Å². The van der Waals surface area contributed by atoms with Gasteiger partial charge in [-0.1, -0.05) is 18.2 Å². The van der Waals surface area contributed by atoms with Crippen LogP contribution in [-0.4, -0.2) is 63.8 Å². The number of hydrogen-bond donors (Lipinski definition) is 1. The van der Waals surface area contributed by atoms with Gasteiger partial charge in [0.2, 0.25) is 0 Å². The second-order valence-electron chi connectivity index (χ2n) is 9.97. The molecule has 1 atom stereocenters. The molecule has 7 nitrogen and oxygen atoms in total. The minimum atomic E-state index is -4.73. The zero-order valence-electron chi connectivity index (χ0n) is 21.2. The van der Waals surface area contributed by atoms with Crippen molar-refractivity contribution >= 4 is 34.6 Å². The summed E-state index contributed by atoms with van der Waals surface area (Å²) < 4.78 is 46.3. The largest absolute Gasteiger partial charge is 0.494 e. The Morgan fingerprint density at radius 1 is 1.21 bits per heavy atom. The minimum Gasteiger partial charge on any atom is -0.494 e. The van der Waals surface area contributed by atoms with E-state index in [1.165, 1.54) is 6.07 Å². The summed E-state index contributed by atoms with van der Waals surface area (Å²) in [7, 11) is 0. The number of rotatable bonds is 8. The molecule has 2 aromatic rings. The first kappa shape index (κ1) is 27.8. The van der Waals surface area contributed by atoms with Crippen molar-refractivity contribution in [2.45, 2.75) is 51.1 Å². The standard InChI is InChI=1S/C27H29F3N4O3S/c1-26(2)24(36)34(19-7-10-23(31-3)22(15-19)27(28,29)30)25(38)33(26)12-4-14-37-21-8-5-18(6-9-21)16-32-13-11-20(35)17-32/h5-10,15,20,35H,4,11-14,16-17H2,1-2H3. The second-order valence-corrected chi connectivity index (χ2v) is 10.3. The normalized spacial score (nSPS) is 19.8. The lowest BCUT2D eigenvalue weighted by molar-refractivity contribution is -0.136. The molecule has 0 spiro atoms. The summed E-state index contributed by atoms with van der Waals surface area (Å²) in [6, 6.07) is 10.9. The summed E-state index contributed by atoms with van der Waals surface area (Å²) in [6.07, 6.45) is -3.66. The van der Waals surface area contributed by atoms with Crippen molar-refractivity contribution in [2.24, 2.45) is 0 Å². The summed E-state index contributed by atoms with van der Waals surface area (Å²) in [4.78, 5) is 21.2. The molecule has 1 unspecified atom stereocenters. The maximum Gasteiger partial charge on any atom is 0.407 e. The number of aliphatic hydroxyl groups excluding tert-OH is 1. The van der Waals surface area contributed by atoms with Crippen molar-refractivity contribution in [1.29, 1.82) is 0 Å². The van der Waals surface area contributed by atoms with Crippen molar-refractivity contribution in [2.75, 3.05) is 31.1 Å². The summed E-state index contributed by atoms with van der Waals surface area (Å²) in [5.41, 5.74) is -1.58. The Hall–Kier alpha value is -3.20. The molecule has 2 aromatic carbocycles. The number of alkyl halides is 3. The smallest absolute Gasteiger partial charge is 0.407 e. The summed E-state index contributed by atoms with van der Waals surface area (Å²) in [6.45, 7) is 13.4. The van der Waals surface area contributed by atoms with E-state index in [2.05, 4.69) is 9.74 Å². The molecule has 38 heavy (non-hydrogen) atoms. The molecule has 0 aromatic heterocycles. The Morgan fingerprint density at radius 2 is 1.92 bits per heavy atom. The van der Waals surface area contributed by atoms with Crippen LogP contribution in [0.4, 0.5) is 24.5 Å². The maximum atomic E-state index is 13.5. The fourth-order valence-electron chi connectivity index (χ4n) is 4.74. The molecule has 0 saturated carbocycles. The first-order chi connectivity index (χ1) is 17.9. The van der Waals surface area contributed by atoms with E-state index >= 15 is 0 Å². The number of thiocarbonyl (C=S) groups is 1. The van der Waals surface area contributed by atoms with E-state index in [0.717, 1.165) is 42.1 Å². The quantitative estimate of drug-likeness (QED) is 0.286. The highest BCUT2D eigenvalue weighted by Gasteiger charge is 2.49. The average molecular weight is 547 g/mol. The Labute approximate surface area is 225 Å². The Bertz CT molecular complexity index is 1240. The minimum absolute atomic E-state index is 0.0184. The first-order valence-corrected chi connectivity index (χ1v) is 12.7. The zero-order chi connectivity index (χ0) is 27.7. The van der Waals surface area contributed by atoms with Gasteiger partial charge in [0.25, 0.3) is 5.91 Å². The van der Waals surface area contributed by atoms with Gasteiger partial charge in [-0.3, -0.25) is 14.6 Å². The van der Waals surface area contributed by atoms with Crippen LogP contribution in [0.1, 0.15) is 37.8 Å². The van der Waals surface area contributed by atoms with Crippen molar-refractivity contribution in [3.63, 3.8) is 0 Å². The van der Waals surface area contributed by atoms with Gasteiger partial charge in [-0.25, -0.2) is 4.85 Å². The number of carbonyl (C=O) groups excluding carboxylic acids is 1. The number of aliphatic hydroxyl groups is 1. The van der Waals surface area contributed by atoms with Gasteiger partial charge >= 0.3 is 6.18 Å². The summed E-state index contributed by atoms with van der Waals surface area (Å²) >= 11 is 5.52. The third kappa shape index (κ3) is 5.77. The monoisotopic (exact) mass is 546 g/mol. The summed E-state index contributed by atoms with van der Waals surface area (Å²) in [5.74, 6) is 0.268. The lowest BCUT2D eigenvalue weighted by atomic mass is 10.0. The molecule has 202 valence electrons. The molecule has 0 aliphatic carbocycles. The van der Waals surface area contributed by atoms with Crippen molar-refractivity contribution in [3.8, 4) is 5.75 Å². The van der Waals surface area contributed by atoms with Crippen molar-refractivity contribution in [3.05, 3.63) is 65.0 Å². The number of amides is 1. The average Bonchev–Trinajstić information content (AvgIpc) is 3.34. The van der Waals surface area contributed by atoms with Crippen LogP contribution in [0.2, 0.25) is 0 Å². The fourth-order valence-corrected chi connectivity index (χ4v) is 5.25. The molecular weight excluding hydrogens is 517 g/mol. The molecule has 0 radical (unpaired) electrons. The number of likely N-dealkylation sites (tertiary alicyclic amines) is 1. The van der Waals surface area contributed by atoms with Gasteiger partial charge in [-0.05, 0) is 68.7 Å². The number of benzene rings is 2. The first-order valence-electron chi connectivity index (χ1n) is 12.3. The van der Waals surface area contributed by atoms with Gasteiger partial charge in [-0.15, -0.1) is 0 Å². The molecule has 2 heterocycles. The molecule has 2 aliphatic heterocycles. The molecule has 4 rings (SSSR count). The number of halogens is 3. The predicted octanol–water partition coefficient (Wildman–Crippen LogP) is 5.00. The van der Waals surface area contributed by atoms with Gasteiger partial charge in [0, 0.05) is 31.9 Å². The number of hydrogen-bond acceptors (Lipinski definition) is 5. The van der Waals surface area contributed by atoms with E-state index in [-0.39, 0.29) is 16.9 Å². The maximum absolute atomic E-state index is 13.5. The molecule has 0 bridgehead atoms. The van der Waals surface area contributed by atoms with Crippen LogP contribution >= 0.6 is 12.2 Å². The molecule has 2 fully saturated rings. The molecular formula is C27H29F3N4O3S. The lowest BCUT2D eigenvalue weighted by Crippen LogP contribution is -2.44. The fraction of sp³-hybridized carbons (Fsp3) is 0.444. The number of nitrogens with zero attached hydrogens (tertiary/aromatic N) is 4. The molecule has 1 amide bonds. The number of carbonyl (C=O) groups is 1.